The number of hydrogen-bond donors (Lipinski definition) is 1. The monoisotopic (exact) mass is 352 g/mol. The van der Waals surface area contributed by atoms with Gasteiger partial charge in [0.05, 0.1) is 12.0 Å². The molecule has 0 spiro atoms. The van der Waals surface area contributed by atoms with Crippen LogP contribution in [-0.4, -0.2) is 16.9 Å². The number of carboxylic acids is 1. The van der Waals surface area contributed by atoms with Crippen molar-refractivity contribution in [3.63, 3.8) is 0 Å². The van der Waals surface area contributed by atoms with E-state index in [1.165, 1.54) is 37.3 Å². The number of rotatable bonds is 6. The molecule has 7 heteroatoms. The Kier molecular flexibility index (Phi) is 5.46. The Hall–Kier alpha value is -2.83. The standard InChI is InChI=1S/C18H15F3O4/c1-11(22)16-6-5-15(8-13(16)9-17(23)24)25-10-12-3-2-4-14(7-12)18(19,20)21/h2-8H,9-10H2,1H3,(H,23,24). The quantitative estimate of drug-likeness (QED) is 0.795. The van der Waals surface area contributed by atoms with Crippen LogP contribution in [0.4, 0.5) is 13.2 Å². The Labute approximate surface area is 141 Å². The third-order valence-corrected chi connectivity index (χ3v) is 3.46. The first-order chi connectivity index (χ1) is 11.7. The molecule has 0 atom stereocenters. The lowest BCUT2D eigenvalue weighted by molar-refractivity contribution is -0.138. The third kappa shape index (κ3) is 5.07. The van der Waals surface area contributed by atoms with Crippen molar-refractivity contribution in [1.29, 1.82) is 0 Å². The number of hydrogen-bond acceptors (Lipinski definition) is 3. The molecule has 2 rings (SSSR count). The molecule has 0 saturated carbocycles. The first-order valence-corrected chi connectivity index (χ1v) is 7.31. The number of carboxylic acid groups (broad SMARTS) is 1. The molecule has 1 N–H and O–H groups in total. The maximum atomic E-state index is 12.7. The van der Waals surface area contributed by atoms with Gasteiger partial charge in [-0.15, -0.1) is 0 Å². The van der Waals surface area contributed by atoms with Gasteiger partial charge < -0.3 is 9.84 Å². The number of ketones is 1. The van der Waals surface area contributed by atoms with Crippen LogP contribution in [0.2, 0.25) is 0 Å². The maximum Gasteiger partial charge on any atom is 0.416 e. The molecule has 0 unspecified atom stereocenters. The van der Waals surface area contributed by atoms with E-state index in [0.717, 1.165) is 12.1 Å². The third-order valence-electron chi connectivity index (χ3n) is 3.46. The molecular formula is C18H15F3O4. The van der Waals surface area contributed by atoms with E-state index in [1.54, 1.807) is 0 Å². The Morgan fingerprint density at radius 2 is 1.84 bits per heavy atom. The van der Waals surface area contributed by atoms with Crippen molar-refractivity contribution < 1.29 is 32.6 Å². The highest BCUT2D eigenvalue weighted by Crippen LogP contribution is 2.30. The number of Topliss-reactive ketones (excluding diaryl/α,β-unsaturated/α-hetero) is 1. The van der Waals surface area contributed by atoms with Crippen LogP contribution in [0, 0.1) is 0 Å². The summed E-state index contributed by atoms with van der Waals surface area (Å²) in [5.41, 5.74) is 0.118. The molecule has 0 aliphatic carbocycles. The lowest BCUT2D eigenvalue weighted by atomic mass is 10.0. The van der Waals surface area contributed by atoms with Crippen LogP contribution in [0.15, 0.2) is 42.5 Å². The zero-order valence-electron chi connectivity index (χ0n) is 13.3. The van der Waals surface area contributed by atoms with Crippen LogP contribution < -0.4 is 4.74 Å². The van der Waals surface area contributed by atoms with Crippen LogP contribution >= 0.6 is 0 Å². The minimum atomic E-state index is -4.44. The van der Waals surface area contributed by atoms with Crippen LogP contribution in [-0.2, 0) is 24.0 Å². The Morgan fingerprint density at radius 1 is 1.12 bits per heavy atom. The minimum Gasteiger partial charge on any atom is -0.489 e. The lowest BCUT2D eigenvalue weighted by Gasteiger charge is -2.12. The molecule has 0 aliphatic rings. The van der Waals surface area contributed by atoms with Crippen molar-refractivity contribution in [2.45, 2.75) is 26.1 Å². The van der Waals surface area contributed by atoms with Gasteiger partial charge in [0.25, 0.3) is 0 Å². The van der Waals surface area contributed by atoms with E-state index in [4.69, 9.17) is 9.84 Å². The summed E-state index contributed by atoms with van der Waals surface area (Å²) in [6.07, 6.45) is -4.79. The van der Waals surface area contributed by atoms with E-state index in [0.29, 0.717) is 11.1 Å². The van der Waals surface area contributed by atoms with Crippen molar-refractivity contribution in [2.75, 3.05) is 0 Å². The van der Waals surface area contributed by atoms with E-state index < -0.39 is 17.7 Å². The zero-order valence-corrected chi connectivity index (χ0v) is 13.3. The van der Waals surface area contributed by atoms with E-state index in [9.17, 15) is 22.8 Å². The second kappa shape index (κ2) is 7.38. The van der Waals surface area contributed by atoms with Gasteiger partial charge in [0.15, 0.2) is 5.78 Å². The number of halogens is 3. The van der Waals surface area contributed by atoms with Crippen molar-refractivity contribution in [1.82, 2.24) is 0 Å². The highest BCUT2D eigenvalue weighted by atomic mass is 19.4. The number of aliphatic carboxylic acids is 1. The van der Waals surface area contributed by atoms with Crippen LogP contribution in [0.3, 0.4) is 0 Å². The molecule has 4 nitrogen and oxygen atoms in total. The molecule has 132 valence electrons. The fourth-order valence-electron chi connectivity index (χ4n) is 2.32. The SMILES string of the molecule is CC(=O)c1ccc(OCc2cccc(C(F)(F)F)c2)cc1CC(=O)O. The molecular weight excluding hydrogens is 337 g/mol. The molecule has 25 heavy (non-hydrogen) atoms. The van der Waals surface area contributed by atoms with Crippen molar-refractivity contribution in [2.24, 2.45) is 0 Å². The van der Waals surface area contributed by atoms with Gasteiger partial charge in [-0.05, 0) is 48.4 Å². The van der Waals surface area contributed by atoms with Gasteiger partial charge in [-0.25, -0.2) is 0 Å². The summed E-state index contributed by atoms with van der Waals surface area (Å²) in [6.45, 7) is 1.21. The van der Waals surface area contributed by atoms with Crippen molar-refractivity contribution >= 4 is 11.8 Å². The van der Waals surface area contributed by atoms with Crippen LogP contribution in [0.25, 0.3) is 0 Å². The Balaban J connectivity index is 2.18. The number of ether oxygens (including phenoxy) is 1. The minimum absolute atomic E-state index is 0.115. The van der Waals surface area contributed by atoms with E-state index in [1.807, 2.05) is 0 Å². The molecule has 0 amide bonds. The Morgan fingerprint density at radius 3 is 2.44 bits per heavy atom. The molecule has 0 bridgehead atoms. The molecule has 0 heterocycles. The zero-order chi connectivity index (χ0) is 18.6. The molecule has 2 aromatic rings. The summed E-state index contributed by atoms with van der Waals surface area (Å²) in [5, 5.41) is 8.92. The van der Waals surface area contributed by atoms with Crippen molar-refractivity contribution in [3.05, 3.63) is 64.7 Å². The molecule has 0 aliphatic heterocycles. The number of benzene rings is 2. The van der Waals surface area contributed by atoms with Gasteiger partial charge in [0, 0.05) is 5.56 Å². The maximum absolute atomic E-state index is 12.7. The van der Waals surface area contributed by atoms with Gasteiger partial charge in [-0.2, -0.15) is 13.2 Å². The first kappa shape index (κ1) is 18.5. The van der Waals surface area contributed by atoms with Gasteiger partial charge in [-0.1, -0.05) is 12.1 Å². The largest absolute Gasteiger partial charge is 0.489 e. The smallest absolute Gasteiger partial charge is 0.416 e. The summed E-state index contributed by atoms with van der Waals surface area (Å²) in [7, 11) is 0. The Bertz CT molecular complexity index is 797. The highest BCUT2D eigenvalue weighted by molar-refractivity contribution is 5.96. The second-order valence-electron chi connectivity index (χ2n) is 5.43. The van der Waals surface area contributed by atoms with E-state index >= 15 is 0 Å². The first-order valence-electron chi connectivity index (χ1n) is 7.31. The number of carbonyl (C=O) groups excluding carboxylic acids is 1. The van der Waals surface area contributed by atoms with Crippen LogP contribution in [0.1, 0.15) is 34.0 Å². The summed E-state index contributed by atoms with van der Waals surface area (Å²) >= 11 is 0. The summed E-state index contributed by atoms with van der Waals surface area (Å²) in [4.78, 5) is 22.4. The predicted molar refractivity (Wildman–Crippen MR) is 83.6 cm³/mol. The molecule has 0 aromatic heterocycles. The van der Waals surface area contributed by atoms with Gasteiger partial charge in [0.1, 0.15) is 12.4 Å². The second-order valence-corrected chi connectivity index (χ2v) is 5.43. The fourth-order valence-corrected chi connectivity index (χ4v) is 2.32. The topological polar surface area (TPSA) is 63.6 Å². The fraction of sp³-hybridized carbons (Fsp3) is 0.222. The van der Waals surface area contributed by atoms with Crippen molar-refractivity contribution in [3.8, 4) is 5.75 Å². The predicted octanol–water partition coefficient (Wildman–Crippen LogP) is 4.11. The molecule has 0 radical (unpaired) electrons. The molecule has 0 saturated heterocycles. The number of carbonyl (C=O) groups is 2. The van der Waals surface area contributed by atoms with Gasteiger partial charge >= 0.3 is 12.1 Å². The lowest BCUT2D eigenvalue weighted by Crippen LogP contribution is -2.08. The summed E-state index contributed by atoms with van der Waals surface area (Å²) in [6, 6.07) is 9.09. The molecule has 0 fully saturated rings. The van der Waals surface area contributed by atoms with E-state index in [2.05, 4.69) is 0 Å². The number of alkyl halides is 3. The van der Waals surface area contributed by atoms with Crippen LogP contribution in [0.5, 0.6) is 5.75 Å². The normalized spacial score (nSPS) is 11.2. The summed E-state index contributed by atoms with van der Waals surface area (Å²) in [5.74, 6) is -1.10. The molecule has 2 aromatic carbocycles. The summed E-state index contributed by atoms with van der Waals surface area (Å²) < 4.78 is 43.5. The average molecular weight is 352 g/mol. The van der Waals surface area contributed by atoms with Gasteiger partial charge in [-0.3, -0.25) is 9.59 Å². The van der Waals surface area contributed by atoms with Gasteiger partial charge in [0.2, 0.25) is 0 Å². The highest BCUT2D eigenvalue weighted by Gasteiger charge is 2.30. The average Bonchev–Trinajstić information content (AvgIpc) is 2.51. The van der Waals surface area contributed by atoms with E-state index in [-0.39, 0.29) is 30.1 Å².